The fraction of sp³-hybridized carbons (Fsp3) is 0.190. The Morgan fingerprint density at radius 2 is 2.00 bits per heavy atom. The van der Waals surface area contributed by atoms with Crippen molar-refractivity contribution in [3.8, 4) is 22.9 Å². The molecule has 0 saturated carbocycles. The first-order valence-corrected chi connectivity index (χ1v) is 8.64. The summed E-state index contributed by atoms with van der Waals surface area (Å²) in [6.45, 7) is 3.31. The van der Waals surface area contributed by atoms with Crippen LogP contribution in [0.25, 0.3) is 11.4 Å². The molecule has 144 valence electrons. The van der Waals surface area contributed by atoms with Crippen LogP contribution < -0.4 is 9.47 Å². The Balaban J connectivity index is 1.51. The van der Waals surface area contributed by atoms with Crippen LogP contribution >= 0.6 is 0 Å². The number of benzene rings is 2. The molecule has 0 fully saturated rings. The maximum Gasteiger partial charge on any atom is 0.344 e. The molecule has 0 amide bonds. The van der Waals surface area contributed by atoms with Gasteiger partial charge in [-0.1, -0.05) is 47.6 Å². The van der Waals surface area contributed by atoms with E-state index in [1.165, 1.54) is 7.11 Å². The fourth-order valence-electron chi connectivity index (χ4n) is 2.46. The molecule has 0 bridgehead atoms. The molecule has 1 heterocycles. The van der Waals surface area contributed by atoms with E-state index in [1.807, 2.05) is 42.5 Å². The molecule has 0 atom stereocenters. The summed E-state index contributed by atoms with van der Waals surface area (Å²) in [6.07, 6.45) is 2.52. The molecule has 2 aromatic carbocycles. The maximum absolute atomic E-state index is 11.9. The van der Waals surface area contributed by atoms with Crippen LogP contribution in [0, 0.1) is 0 Å². The molecule has 0 aliphatic rings. The highest BCUT2D eigenvalue weighted by Gasteiger charge is 2.13. The number of ether oxygens (including phenoxy) is 3. The molecule has 7 nitrogen and oxygen atoms in total. The molecule has 0 radical (unpaired) electrons. The van der Waals surface area contributed by atoms with Crippen LogP contribution in [0.4, 0.5) is 0 Å². The lowest BCUT2D eigenvalue weighted by molar-refractivity contribution is -0.148. The van der Waals surface area contributed by atoms with E-state index >= 15 is 0 Å². The van der Waals surface area contributed by atoms with Crippen molar-refractivity contribution in [2.24, 2.45) is 0 Å². The van der Waals surface area contributed by atoms with Crippen LogP contribution in [0.15, 0.2) is 65.7 Å². The van der Waals surface area contributed by atoms with Crippen molar-refractivity contribution in [1.82, 2.24) is 10.1 Å². The van der Waals surface area contributed by atoms with Gasteiger partial charge in [0, 0.05) is 5.56 Å². The van der Waals surface area contributed by atoms with Crippen LogP contribution in [0.1, 0.15) is 11.5 Å². The van der Waals surface area contributed by atoms with E-state index in [0.717, 1.165) is 11.1 Å². The highest BCUT2D eigenvalue weighted by molar-refractivity contribution is 5.71. The van der Waals surface area contributed by atoms with Gasteiger partial charge in [0.1, 0.15) is 0 Å². The molecule has 0 spiro atoms. The Hall–Kier alpha value is -3.61. The number of hydrogen-bond donors (Lipinski definition) is 0. The first-order valence-electron chi connectivity index (χ1n) is 8.64. The van der Waals surface area contributed by atoms with E-state index in [9.17, 15) is 4.79 Å². The third-order valence-electron chi connectivity index (χ3n) is 3.81. The lowest BCUT2D eigenvalue weighted by atomic mass is 10.1. The Labute approximate surface area is 162 Å². The van der Waals surface area contributed by atoms with Gasteiger partial charge >= 0.3 is 5.97 Å². The van der Waals surface area contributed by atoms with Crippen LogP contribution in [0.2, 0.25) is 0 Å². The molecule has 0 unspecified atom stereocenters. The lowest BCUT2D eigenvalue weighted by Crippen LogP contribution is -2.15. The Morgan fingerprint density at radius 1 is 1.18 bits per heavy atom. The predicted molar refractivity (Wildman–Crippen MR) is 102 cm³/mol. The average Bonchev–Trinajstić information content (AvgIpc) is 3.21. The number of allylic oxidation sites excluding steroid dienone is 1. The molecule has 3 aromatic rings. The van der Waals surface area contributed by atoms with Gasteiger partial charge in [0.25, 0.3) is 5.89 Å². The highest BCUT2D eigenvalue weighted by atomic mass is 16.6. The monoisotopic (exact) mass is 380 g/mol. The number of esters is 1. The minimum Gasteiger partial charge on any atom is -0.493 e. The van der Waals surface area contributed by atoms with Gasteiger partial charge in [-0.15, -0.1) is 6.58 Å². The highest BCUT2D eigenvalue weighted by Crippen LogP contribution is 2.28. The quantitative estimate of drug-likeness (QED) is 0.414. The normalized spacial score (nSPS) is 10.3. The predicted octanol–water partition coefficient (Wildman–Crippen LogP) is 3.60. The van der Waals surface area contributed by atoms with Crippen molar-refractivity contribution in [1.29, 1.82) is 0 Å². The molecule has 3 rings (SSSR count). The molecule has 7 heteroatoms. The van der Waals surface area contributed by atoms with Crippen molar-refractivity contribution < 1.29 is 23.5 Å². The van der Waals surface area contributed by atoms with Crippen molar-refractivity contribution in [3.63, 3.8) is 0 Å². The topological polar surface area (TPSA) is 83.7 Å². The number of rotatable bonds is 9. The van der Waals surface area contributed by atoms with Crippen LogP contribution in [0.5, 0.6) is 11.5 Å². The molecule has 1 aromatic heterocycles. The zero-order valence-electron chi connectivity index (χ0n) is 15.5. The molecular formula is C21H20N2O5. The van der Waals surface area contributed by atoms with Crippen molar-refractivity contribution in [2.45, 2.75) is 13.0 Å². The molecule has 0 aliphatic carbocycles. The van der Waals surface area contributed by atoms with E-state index in [0.29, 0.717) is 23.7 Å². The van der Waals surface area contributed by atoms with Crippen LogP contribution in [-0.4, -0.2) is 29.8 Å². The number of methoxy groups -OCH3 is 1. The molecule has 0 saturated heterocycles. The number of nitrogens with zero attached hydrogens (tertiary/aromatic N) is 2. The average molecular weight is 380 g/mol. The van der Waals surface area contributed by atoms with Crippen LogP contribution in [-0.2, 0) is 22.6 Å². The van der Waals surface area contributed by atoms with E-state index in [2.05, 4.69) is 16.7 Å². The zero-order valence-corrected chi connectivity index (χ0v) is 15.5. The van der Waals surface area contributed by atoms with Crippen LogP contribution in [0.3, 0.4) is 0 Å². The maximum atomic E-state index is 11.9. The second-order valence-corrected chi connectivity index (χ2v) is 5.81. The third-order valence-corrected chi connectivity index (χ3v) is 3.81. The van der Waals surface area contributed by atoms with Crippen molar-refractivity contribution in [2.75, 3.05) is 13.7 Å². The molecular weight excluding hydrogens is 360 g/mol. The summed E-state index contributed by atoms with van der Waals surface area (Å²) in [4.78, 5) is 16.1. The SMILES string of the molecule is C=CCc1ccc(OCC(=O)OCc2nc(-c3ccccc3)no2)c(OC)c1. The summed E-state index contributed by atoms with van der Waals surface area (Å²) in [5, 5.41) is 3.87. The van der Waals surface area contributed by atoms with E-state index in [-0.39, 0.29) is 19.1 Å². The number of carbonyl (C=O) groups excluding carboxylic acids is 1. The summed E-state index contributed by atoms with van der Waals surface area (Å²) in [5.41, 5.74) is 1.85. The summed E-state index contributed by atoms with van der Waals surface area (Å²) >= 11 is 0. The smallest absolute Gasteiger partial charge is 0.344 e. The zero-order chi connectivity index (χ0) is 19.8. The van der Waals surface area contributed by atoms with Gasteiger partial charge in [-0.3, -0.25) is 0 Å². The largest absolute Gasteiger partial charge is 0.493 e. The summed E-state index contributed by atoms with van der Waals surface area (Å²) in [5.74, 6) is 1.08. The van der Waals surface area contributed by atoms with Gasteiger partial charge in [-0.25, -0.2) is 4.79 Å². The van der Waals surface area contributed by atoms with Crippen molar-refractivity contribution in [3.05, 3.63) is 72.6 Å². The first-order chi connectivity index (χ1) is 13.7. The molecule has 0 aliphatic heterocycles. The van der Waals surface area contributed by atoms with E-state index in [4.69, 9.17) is 18.7 Å². The van der Waals surface area contributed by atoms with Gasteiger partial charge < -0.3 is 18.7 Å². The minimum absolute atomic E-state index is 0.128. The van der Waals surface area contributed by atoms with E-state index < -0.39 is 5.97 Å². The minimum atomic E-state index is -0.559. The summed E-state index contributed by atoms with van der Waals surface area (Å²) < 4.78 is 21.0. The first kappa shape index (κ1) is 19.2. The van der Waals surface area contributed by atoms with E-state index in [1.54, 1.807) is 12.1 Å². The Bertz CT molecular complexity index is 937. The van der Waals surface area contributed by atoms with Gasteiger partial charge in [0.2, 0.25) is 5.82 Å². The standard InChI is InChI=1S/C21H20N2O5/c1-3-7-15-10-11-17(18(12-15)25-2)26-14-20(24)27-13-19-22-21(23-28-19)16-8-5-4-6-9-16/h3-6,8-12H,1,7,13-14H2,2H3. The van der Waals surface area contributed by atoms with Crippen molar-refractivity contribution >= 4 is 5.97 Å². The van der Waals surface area contributed by atoms with Gasteiger partial charge in [0.05, 0.1) is 7.11 Å². The van der Waals surface area contributed by atoms with Gasteiger partial charge in [-0.2, -0.15) is 4.98 Å². The van der Waals surface area contributed by atoms with Gasteiger partial charge in [0.15, 0.2) is 24.7 Å². The summed E-state index contributed by atoms with van der Waals surface area (Å²) in [7, 11) is 1.54. The van der Waals surface area contributed by atoms with Gasteiger partial charge in [-0.05, 0) is 24.1 Å². The summed E-state index contributed by atoms with van der Waals surface area (Å²) in [6, 6.07) is 14.8. The second-order valence-electron chi connectivity index (χ2n) is 5.81. The third kappa shape index (κ3) is 4.97. The molecule has 0 N–H and O–H groups in total. The Kier molecular flexibility index (Phi) is 6.41. The number of hydrogen-bond acceptors (Lipinski definition) is 7. The second kappa shape index (κ2) is 9.36. The number of aromatic nitrogens is 2. The fourth-order valence-corrected chi connectivity index (χ4v) is 2.46. The Morgan fingerprint density at radius 3 is 2.75 bits per heavy atom. The molecule has 28 heavy (non-hydrogen) atoms. The number of carbonyl (C=O) groups is 1. The lowest BCUT2D eigenvalue weighted by Gasteiger charge is -2.11.